The molecule has 0 aliphatic carbocycles. The number of carbonyl (C=O) groups is 2. The Morgan fingerprint density at radius 1 is 0.421 bits per heavy atom. The molecule has 8 aromatic carbocycles. The van der Waals surface area contributed by atoms with Crippen LogP contribution in [0.4, 0.5) is 0 Å². The standard InChI is InChI=1S/C53H38O3S/c1-32-14-4-5-15-37(32)39-21-12-22-40(34(39)3)51(54)35-26-28-38(33(2)30-35)41-16-6-7-17-42(41)43-18-8-9-19-44(43)46-29-27-36(31-50(46)57)52(55)48-24-13-23-47-45-20-10-11-25-49(45)56-53(47)48/h4-31,57H,1-3H3. The molecule has 0 atom stereocenters. The van der Waals surface area contributed by atoms with E-state index in [0.29, 0.717) is 32.7 Å². The predicted molar refractivity (Wildman–Crippen MR) is 237 cm³/mol. The van der Waals surface area contributed by atoms with E-state index in [1.165, 1.54) is 5.56 Å². The molecule has 0 unspecified atom stereocenters. The number of thiol groups is 1. The van der Waals surface area contributed by atoms with E-state index in [1.807, 2.05) is 122 Å². The summed E-state index contributed by atoms with van der Waals surface area (Å²) in [5, 5.41) is 1.90. The van der Waals surface area contributed by atoms with Crippen LogP contribution >= 0.6 is 12.6 Å². The summed E-state index contributed by atoms with van der Waals surface area (Å²) < 4.78 is 6.18. The van der Waals surface area contributed by atoms with Gasteiger partial charge in [-0.15, -0.1) is 12.6 Å². The maximum atomic E-state index is 14.1. The normalized spacial score (nSPS) is 11.3. The highest BCUT2D eigenvalue weighted by Crippen LogP contribution is 2.42. The number of furan rings is 1. The first-order chi connectivity index (χ1) is 27.8. The molecule has 0 fully saturated rings. The van der Waals surface area contributed by atoms with E-state index >= 15 is 0 Å². The van der Waals surface area contributed by atoms with E-state index in [2.05, 4.69) is 68.4 Å². The average Bonchev–Trinajstić information content (AvgIpc) is 3.63. The number of para-hydroxylation sites is 2. The van der Waals surface area contributed by atoms with Crippen LogP contribution in [-0.2, 0) is 0 Å². The molecule has 0 saturated carbocycles. The van der Waals surface area contributed by atoms with Gasteiger partial charge in [-0.05, 0) is 106 Å². The molecule has 1 heterocycles. The second-order valence-corrected chi connectivity index (χ2v) is 15.1. The van der Waals surface area contributed by atoms with Crippen molar-refractivity contribution in [2.75, 3.05) is 0 Å². The smallest absolute Gasteiger partial charge is 0.196 e. The zero-order chi connectivity index (χ0) is 39.2. The Hall–Kier alpha value is -6.75. The lowest BCUT2D eigenvalue weighted by Crippen LogP contribution is -2.05. The first-order valence-electron chi connectivity index (χ1n) is 19.1. The van der Waals surface area contributed by atoms with Gasteiger partial charge in [0, 0.05) is 32.4 Å². The molecule has 0 N–H and O–H groups in total. The van der Waals surface area contributed by atoms with Gasteiger partial charge in [0.2, 0.25) is 0 Å². The van der Waals surface area contributed by atoms with Gasteiger partial charge in [0.05, 0.1) is 5.56 Å². The molecule has 0 aliphatic rings. The fourth-order valence-corrected chi connectivity index (χ4v) is 8.53. The number of ketones is 2. The van der Waals surface area contributed by atoms with Crippen LogP contribution in [0.5, 0.6) is 0 Å². The van der Waals surface area contributed by atoms with Crippen LogP contribution in [0.15, 0.2) is 179 Å². The van der Waals surface area contributed by atoms with Crippen LogP contribution in [0, 0.1) is 20.8 Å². The molecule has 0 aliphatic heterocycles. The monoisotopic (exact) mass is 754 g/mol. The van der Waals surface area contributed by atoms with Crippen molar-refractivity contribution in [3.05, 3.63) is 209 Å². The molecule has 274 valence electrons. The lowest BCUT2D eigenvalue weighted by atomic mass is 9.86. The Balaban J connectivity index is 1.05. The van der Waals surface area contributed by atoms with Crippen LogP contribution in [0.25, 0.3) is 66.4 Å². The van der Waals surface area contributed by atoms with E-state index in [-0.39, 0.29) is 11.6 Å². The largest absolute Gasteiger partial charge is 0.455 e. The van der Waals surface area contributed by atoms with E-state index in [9.17, 15) is 9.59 Å². The highest BCUT2D eigenvalue weighted by Gasteiger charge is 2.21. The Kier molecular flexibility index (Phi) is 9.28. The molecule has 0 saturated heterocycles. The summed E-state index contributed by atoms with van der Waals surface area (Å²) in [6.07, 6.45) is 0. The molecule has 3 nitrogen and oxygen atoms in total. The molecular formula is C53H38O3S. The predicted octanol–water partition coefficient (Wildman–Crippen LogP) is 13.9. The van der Waals surface area contributed by atoms with Crippen molar-refractivity contribution in [1.29, 1.82) is 0 Å². The van der Waals surface area contributed by atoms with Gasteiger partial charge in [-0.25, -0.2) is 0 Å². The molecule has 0 bridgehead atoms. The van der Waals surface area contributed by atoms with Crippen LogP contribution in [0.3, 0.4) is 0 Å². The zero-order valence-electron chi connectivity index (χ0n) is 31.8. The summed E-state index contributed by atoms with van der Waals surface area (Å²) >= 11 is 4.96. The molecule has 0 amide bonds. The Bertz CT molecular complexity index is 3060. The Morgan fingerprint density at radius 2 is 0.912 bits per heavy atom. The quantitative estimate of drug-likeness (QED) is 0.124. The summed E-state index contributed by atoms with van der Waals surface area (Å²) in [5.41, 5.74) is 15.3. The molecule has 1 aromatic heterocycles. The number of fused-ring (bicyclic) bond motifs is 3. The summed E-state index contributed by atoms with van der Waals surface area (Å²) in [6.45, 7) is 6.21. The molecular weight excluding hydrogens is 717 g/mol. The number of hydrogen-bond donors (Lipinski definition) is 1. The average molecular weight is 755 g/mol. The van der Waals surface area contributed by atoms with Crippen molar-refractivity contribution in [1.82, 2.24) is 0 Å². The second kappa shape index (κ2) is 14.7. The van der Waals surface area contributed by atoms with Crippen LogP contribution in [0.2, 0.25) is 0 Å². The Labute approximate surface area is 337 Å². The third kappa shape index (κ3) is 6.38. The third-order valence-corrected chi connectivity index (χ3v) is 11.5. The lowest BCUT2D eigenvalue weighted by Gasteiger charge is -2.18. The topological polar surface area (TPSA) is 47.3 Å². The molecule has 0 radical (unpaired) electrons. The van der Waals surface area contributed by atoms with Crippen molar-refractivity contribution in [2.45, 2.75) is 25.7 Å². The third-order valence-electron chi connectivity index (χ3n) is 11.1. The highest BCUT2D eigenvalue weighted by molar-refractivity contribution is 7.80. The number of hydrogen-bond acceptors (Lipinski definition) is 4. The van der Waals surface area contributed by atoms with Crippen LogP contribution in [0.1, 0.15) is 48.5 Å². The van der Waals surface area contributed by atoms with Gasteiger partial charge in [-0.2, -0.15) is 0 Å². The van der Waals surface area contributed by atoms with Gasteiger partial charge < -0.3 is 4.42 Å². The fourth-order valence-electron chi connectivity index (χ4n) is 8.20. The van der Waals surface area contributed by atoms with Gasteiger partial charge in [0.15, 0.2) is 11.6 Å². The van der Waals surface area contributed by atoms with E-state index < -0.39 is 0 Å². The molecule has 57 heavy (non-hydrogen) atoms. The zero-order valence-corrected chi connectivity index (χ0v) is 32.7. The summed E-state index contributed by atoms with van der Waals surface area (Å²) in [4.78, 5) is 28.8. The highest BCUT2D eigenvalue weighted by atomic mass is 32.1. The SMILES string of the molecule is Cc1cc(C(=O)c2cccc(-c3ccccc3C)c2C)ccc1-c1ccccc1-c1ccccc1-c1ccc(C(=O)c2cccc3c2oc2ccccc23)cc1S. The summed E-state index contributed by atoms with van der Waals surface area (Å²) in [6, 6.07) is 56.2. The first kappa shape index (κ1) is 35.9. The van der Waals surface area contributed by atoms with Crippen molar-refractivity contribution >= 4 is 46.1 Å². The van der Waals surface area contributed by atoms with Gasteiger partial charge in [0.1, 0.15) is 11.2 Å². The van der Waals surface area contributed by atoms with E-state index in [0.717, 1.165) is 72.0 Å². The van der Waals surface area contributed by atoms with Gasteiger partial charge in [-0.3, -0.25) is 9.59 Å². The Morgan fingerprint density at radius 3 is 1.60 bits per heavy atom. The molecule has 9 rings (SSSR count). The summed E-state index contributed by atoms with van der Waals surface area (Å²) in [7, 11) is 0. The summed E-state index contributed by atoms with van der Waals surface area (Å²) in [5.74, 6) is -0.111. The molecule has 9 aromatic rings. The van der Waals surface area contributed by atoms with Crippen LogP contribution < -0.4 is 0 Å². The van der Waals surface area contributed by atoms with Gasteiger partial charge in [0.25, 0.3) is 0 Å². The maximum Gasteiger partial charge on any atom is 0.196 e. The van der Waals surface area contributed by atoms with Crippen molar-refractivity contribution in [2.24, 2.45) is 0 Å². The van der Waals surface area contributed by atoms with Crippen molar-refractivity contribution < 1.29 is 14.0 Å². The number of carbonyl (C=O) groups excluding carboxylic acids is 2. The first-order valence-corrected chi connectivity index (χ1v) is 19.5. The lowest BCUT2D eigenvalue weighted by molar-refractivity contribution is 0.103. The van der Waals surface area contributed by atoms with E-state index in [1.54, 1.807) is 0 Å². The second-order valence-electron chi connectivity index (χ2n) is 14.6. The van der Waals surface area contributed by atoms with E-state index in [4.69, 9.17) is 17.0 Å². The number of benzene rings is 8. The molecule has 0 spiro atoms. The number of aryl methyl sites for hydroxylation is 2. The molecule has 4 heteroatoms. The van der Waals surface area contributed by atoms with Gasteiger partial charge in [-0.1, -0.05) is 146 Å². The fraction of sp³-hybridized carbons (Fsp3) is 0.0566. The van der Waals surface area contributed by atoms with Crippen molar-refractivity contribution in [3.63, 3.8) is 0 Å². The number of rotatable bonds is 8. The van der Waals surface area contributed by atoms with Crippen molar-refractivity contribution in [3.8, 4) is 44.5 Å². The minimum Gasteiger partial charge on any atom is -0.455 e. The minimum absolute atomic E-state index is 0.00808. The van der Waals surface area contributed by atoms with Crippen LogP contribution in [-0.4, -0.2) is 11.6 Å². The maximum absolute atomic E-state index is 14.1. The van der Waals surface area contributed by atoms with Gasteiger partial charge >= 0.3 is 0 Å². The minimum atomic E-state index is -0.119.